The molecular weight excluding hydrogens is 250 g/mol. The molecule has 7 heteroatoms. The number of rotatable bonds is 3. The summed E-state index contributed by atoms with van der Waals surface area (Å²) in [5.41, 5.74) is 0.410. The van der Waals surface area contributed by atoms with Crippen LogP contribution in [0.5, 0.6) is 0 Å². The van der Waals surface area contributed by atoms with Crippen LogP contribution in [0.25, 0.3) is 0 Å². The number of aromatic amines is 1. The third-order valence-corrected chi connectivity index (χ3v) is 3.77. The highest BCUT2D eigenvalue weighted by molar-refractivity contribution is 7.05. The topological polar surface area (TPSA) is 83.6 Å². The fourth-order valence-electron chi connectivity index (χ4n) is 1.83. The summed E-state index contributed by atoms with van der Waals surface area (Å²) in [4.78, 5) is 17.1. The molecule has 2 heterocycles. The number of H-pyrrole nitrogens is 1. The molecule has 94 valence electrons. The number of carbonyl (C=O) groups excluding carboxylic acids is 1. The fraction of sp³-hybridized carbons (Fsp3) is 0.455. The summed E-state index contributed by atoms with van der Waals surface area (Å²) >= 11 is 1.31. The third-order valence-electron chi connectivity index (χ3n) is 3.08. The van der Waals surface area contributed by atoms with Crippen molar-refractivity contribution >= 4 is 23.4 Å². The number of carbonyl (C=O) groups is 1. The Morgan fingerprint density at radius 1 is 1.56 bits per heavy atom. The first-order valence-corrected chi connectivity index (χ1v) is 6.66. The molecule has 0 aliphatic heterocycles. The maximum atomic E-state index is 11.8. The fourth-order valence-corrected chi connectivity index (χ4v) is 2.38. The van der Waals surface area contributed by atoms with Crippen molar-refractivity contribution in [1.82, 2.24) is 19.6 Å². The van der Waals surface area contributed by atoms with Gasteiger partial charge >= 0.3 is 0 Å². The smallest absolute Gasteiger partial charge is 0.277 e. The molecule has 1 aliphatic rings. The Hall–Kier alpha value is -1.76. The molecule has 2 aromatic rings. The molecule has 18 heavy (non-hydrogen) atoms. The molecule has 0 spiro atoms. The second-order valence-corrected chi connectivity index (χ2v) is 5.46. The van der Waals surface area contributed by atoms with E-state index in [1.54, 1.807) is 6.07 Å². The average Bonchev–Trinajstić information content (AvgIpc) is 2.85. The van der Waals surface area contributed by atoms with Gasteiger partial charge in [-0.05, 0) is 37.4 Å². The van der Waals surface area contributed by atoms with Crippen molar-refractivity contribution in [3.63, 3.8) is 0 Å². The Kier molecular flexibility index (Phi) is 2.83. The lowest BCUT2D eigenvalue weighted by atomic mass is 9.85. The second-order valence-electron chi connectivity index (χ2n) is 4.45. The molecule has 1 aliphatic carbocycles. The quantitative estimate of drug-likeness (QED) is 0.888. The van der Waals surface area contributed by atoms with Gasteiger partial charge in [0, 0.05) is 10.8 Å². The Balaban J connectivity index is 1.68. The molecule has 1 fully saturated rings. The van der Waals surface area contributed by atoms with E-state index in [9.17, 15) is 4.79 Å². The first-order valence-electron chi connectivity index (χ1n) is 5.89. The number of nitrogens with zero attached hydrogens (tertiary/aromatic N) is 3. The van der Waals surface area contributed by atoms with Crippen molar-refractivity contribution in [2.75, 3.05) is 5.32 Å². The van der Waals surface area contributed by atoms with Gasteiger partial charge in [-0.1, -0.05) is 6.42 Å². The number of hydrogen-bond donors (Lipinski definition) is 2. The Morgan fingerprint density at radius 2 is 2.39 bits per heavy atom. The van der Waals surface area contributed by atoms with Gasteiger partial charge in [-0.2, -0.15) is 9.36 Å². The summed E-state index contributed by atoms with van der Waals surface area (Å²) in [5, 5.41) is 9.52. The molecule has 0 radical (unpaired) electrons. The summed E-state index contributed by atoms with van der Waals surface area (Å²) in [7, 11) is 0. The van der Waals surface area contributed by atoms with E-state index in [-0.39, 0.29) is 5.91 Å². The number of anilines is 1. The lowest BCUT2D eigenvalue weighted by Gasteiger charge is -2.22. The number of amides is 1. The summed E-state index contributed by atoms with van der Waals surface area (Å²) in [5.74, 6) is 1.40. The van der Waals surface area contributed by atoms with E-state index in [0.717, 1.165) is 23.5 Å². The van der Waals surface area contributed by atoms with Crippen LogP contribution in [0.1, 0.15) is 46.4 Å². The molecule has 2 aromatic heterocycles. The maximum Gasteiger partial charge on any atom is 0.277 e. The number of hydrogen-bond acceptors (Lipinski definition) is 5. The van der Waals surface area contributed by atoms with Gasteiger partial charge < -0.3 is 0 Å². The molecule has 0 aromatic carbocycles. The average molecular weight is 263 g/mol. The van der Waals surface area contributed by atoms with Crippen LogP contribution < -0.4 is 5.32 Å². The predicted molar refractivity (Wildman–Crippen MR) is 67.8 cm³/mol. The largest absolute Gasteiger partial charge is 0.288 e. The normalized spacial score (nSPS) is 15.4. The summed E-state index contributed by atoms with van der Waals surface area (Å²) in [6.45, 7) is 1.91. The lowest BCUT2D eigenvalue weighted by Crippen LogP contribution is -2.14. The SMILES string of the molecule is Cc1cc(C(=O)Nc2n[nH]c(C3CCC3)n2)ns1. The molecule has 0 unspecified atom stereocenters. The van der Waals surface area contributed by atoms with E-state index in [1.165, 1.54) is 18.0 Å². The van der Waals surface area contributed by atoms with E-state index >= 15 is 0 Å². The number of aryl methyl sites for hydroxylation is 1. The molecule has 3 rings (SSSR count). The van der Waals surface area contributed by atoms with Gasteiger partial charge in [-0.3, -0.25) is 15.2 Å². The highest BCUT2D eigenvalue weighted by Crippen LogP contribution is 2.34. The maximum absolute atomic E-state index is 11.8. The zero-order valence-electron chi connectivity index (χ0n) is 9.93. The van der Waals surface area contributed by atoms with Gasteiger partial charge in [-0.25, -0.2) is 0 Å². The van der Waals surface area contributed by atoms with Crippen LogP contribution in [0, 0.1) is 6.92 Å². The summed E-state index contributed by atoms with van der Waals surface area (Å²) in [6, 6.07) is 1.75. The van der Waals surface area contributed by atoms with Gasteiger partial charge in [0.15, 0.2) is 0 Å². The van der Waals surface area contributed by atoms with Crippen LogP contribution in [0.2, 0.25) is 0 Å². The predicted octanol–water partition coefficient (Wildman–Crippen LogP) is 2.09. The van der Waals surface area contributed by atoms with Gasteiger partial charge in [0.2, 0.25) is 5.95 Å². The van der Waals surface area contributed by atoms with E-state index < -0.39 is 0 Å². The van der Waals surface area contributed by atoms with Crippen LogP contribution in [-0.2, 0) is 0 Å². The van der Waals surface area contributed by atoms with Gasteiger partial charge in [0.25, 0.3) is 5.91 Å². The highest BCUT2D eigenvalue weighted by atomic mass is 32.1. The minimum atomic E-state index is -0.265. The molecular formula is C11H13N5OS. The molecule has 1 saturated carbocycles. The Bertz CT molecular complexity index is 572. The van der Waals surface area contributed by atoms with Crippen LogP contribution in [-0.4, -0.2) is 25.5 Å². The molecule has 0 bridgehead atoms. The second kappa shape index (κ2) is 4.49. The summed E-state index contributed by atoms with van der Waals surface area (Å²) in [6.07, 6.45) is 3.53. The van der Waals surface area contributed by atoms with Crippen molar-refractivity contribution in [2.45, 2.75) is 32.1 Å². The van der Waals surface area contributed by atoms with Crippen LogP contribution >= 0.6 is 11.5 Å². The van der Waals surface area contributed by atoms with Crippen LogP contribution in [0.3, 0.4) is 0 Å². The zero-order valence-corrected chi connectivity index (χ0v) is 10.8. The van der Waals surface area contributed by atoms with E-state index in [4.69, 9.17) is 0 Å². The summed E-state index contributed by atoms with van der Waals surface area (Å²) < 4.78 is 4.04. The molecule has 6 nitrogen and oxygen atoms in total. The highest BCUT2D eigenvalue weighted by Gasteiger charge is 2.23. The van der Waals surface area contributed by atoms with Gasteiger partial charge in [0.1, 0.15) is 11.5 Å². The van der Waals surface area contributed by atoms with Crippen molar-refractivity contribution in [3.8, 4) is 0 Å². The van der Waals surface area contributed by atoms with Crippen LogP contribution in [0.4, 0.5) is 5.95 Å². The molecule has 0 saturated heterocycles. The van der Waals surface area contributed by atoms with Crippen molar-refractivity contribution in [3.05, 3.63) is 22.5 Å². The monoisotopic (exact) mass is 263 g/mol. The third kappa shape index (κ3) is 2.13. The molecule has 1 amide bonds. The Labute approximate surface area is 108 Å². The minimum absolute atomic E-state index is 0.265. The van der Waals surface area contributed by atoms with Crippen molar-refractivity contribution in [2.24, 2.45) is 0 Å². The number of aromatic nitrogens is 4. The van der Waals surface area contributed by atoms with Gasteiger partial charge in [0.05, 0.1) is 0 Å². The van der Waals surface area contributed by atoms with E-state index in [1.807, 2.05) is 6.92 Å². The van der Waals surface area contributed by atoms with Gasteiger partial charge in [-0.15, -0.1) is 5.10 Å². The minimum Gasteiger partial charge on any atom is -0.288 e. The van der Waals surface area contributed by atoms with E-state index in [0.29, 0.717) is 17.6 Å². The number of nitrogens with one attached hydrogen (secondary N) is 2. The zero-order chi connectivity index (χ0) is 12.5. The lowest BCUT2D eigenvalue weighted by molar-refractivity contribution is 0.102. The standard InChI is InChI=1S/C11H13N5OS/c1-6-5-8(16-18-6)10(17)13-11-12-9(14-15-11)7-3-2-4-7/h5,7H,2-4H2,1H3,(H2,12,13,14,15,17). The first kappa shape index (κ1) is 11.3. The van der Waals surface area contributed by atoms with E-state index in [2.05, 4.69) is 24.9 Å². The first-order chi connectivity index (χ1) is 8.72. The van der Waals surface area contributed by atoms with Crippen molar-refractivity contribution in [1.29, 1.82) is 0 Å². The van der Waals surface area contributed by atoms with Crippen LogP contribution in [0.15, 0.2) is 6.07 Å². The molecule has 2 N–H and O–H groups in total. The Morgan fingerprint density at radius 3 is 3.00 bits per heavy atom. The van der Waals surface area contributed by atoms with Crippen molar-refractivity contribution < 1.29 is 4.79 Å². The molecule has 0 atom stereocenters.